The van der Waals surface area contributed by atoms with Crippen molar-refractivity contribution >= 4 is 23.4 Å². The van der Waals surface area contributed by atoms with E-state index in [2.05, 4.69) is 17.1 Å². The lowest BCUT2D eigenvalue weighted by molar-refractivity contribution is 0.612. The lowest BCUT2D eigenvalue weighted by Crippen LogP contribution is -2.26. The number of hydrogen-bond donors (Lipinski definition) is 0. The van der Waals surface area contributed by atoms with Crippen LogP contribution >= 0.6 is 23.4 Å². The van der Waals surface area contributed by atoms with Crippen molar-refractivity contribution in [3.63, 3.8) is 0 Å². The molecular formula is C15H17ClN2OS. The van der Waals surface area contributed by atoms with E-state index in [0.29, 0.717) is 6.54 Å². The van der Waals surface area contributed by atoms with Crippen molar-refractivity contribution in [3.8, 4) is 0 Å². The number of aromatic nitrogens is 2. The molecule has 0 radical (unpaired) electrons. The van der Waals surface area contributed by atoms with Gasteiger partial charge >= 0.3 is 0 Å². The molecule has 1 heterocycles. The zero-order valence-electron chi connectivity index (χ0n) is 11.5. The zero-order valence-corrected chi connectivity index (χ0v) is 13.1. The minimum Gasteiger partial charge on any atom is -0.296 e. The molecule has 0 fully saturated rings. The summed E-state index contributed by atoms with van der Waals surface area (Å²) in [7, 11) is 0. The molecule has 2 aromatic rings. The van der Waals surface area contributed by atoms with E-state index in [1.807, 2.05) is 32.0 Å². The van der Waals surface area contributed by atoms with E-state index in [4.69, 9.17) is 11.6 Å². The maximum Gasteiger partial charge on any atom is 0.255 e. The van der Waals surface area contributed by atoms with Gasteiger partial charge in [0.25, 0.3) is 5.56 Å². The van der Waals surface area contributed by atoms with Crippen LogP contribution in [0.3, 0.4) is 0 Å². The van der Waals surface area contributed by atoms with Gasteiger partial charge in [-0.2, -0.15) is 0 Å². The largest absolute Gasteiger partial charge is 0.296 e. The predicted molar refractivity (Wildman–Crippen MR) is 84.8 cm³/mol. The first-order valence-electron chi connectivity index (χ1n) is 6.53. The van der Waals surface area contributed by atoms with E-state index in [-0.39, 0.29) is 16.6 Å². The van der Waals surface area contributed by atoms with Crippen LogP contribution in [0.1, 0.15) is 25.6 Å². The van der Waals surface area contributed by atoms with Crippen LogP contribution in [-0.4, -0.2) is 15.3 Å². The fourth-order valence-electron chi connectivity index (χ4n) is 1.93. The number of thioether (sulfide) groups is 1. The van der Waals surface area contributed by atoms with E-state index >= 15 is 0 Å². The standard InChI is InChI=1S/C15H17ClN2OS/c1-11(2)15-17-13(16)10-14(19)18(15)8-9-20-12-6-4-3-5-7-12/h3-7,10-11H,8-9H2,1-2H3. The highest BCUT2D eigenvalue weighted by molar-refractivity contribution is 7.99. The Morgan fingerprint density at radius 3 is 2.65 bits per heavy atom. The van der Waals surface area contributed by atoms with Gasteiger partial charge in [0.2, 0.25) is 0 Å². The Bertz CT molecular complexity index is 626. The molecule has 0 aliphatic heterocycles. The van der Waals surface area contributed by atoms with Gasteiger partial charge in [0.15, 0.2) is 0 Å². The van der Waals surface area contributed by atoms with Crippen LogP contribution in [0.5, 0.6) is 0 Å². The molecule has 0 atom stereocenters. The van der Waals surface area contributed by atoms with Crippen LogP contribution in [-0.2, 0) is 6.54 Å². The highest BCUT2D eigenvalue weighted by Gasteiger charge is 2.11. The van der Waals surface area contributed by atoms with Crippen molar-refractivity contribution in [1.29, 1.82) is 0 Å². The molecular weight excluding hydrogens is 292 g/mol. The minimum absolute atomic E-state index is 0.0811. The van der Waals surface area contributed by atoms with Gasteiger partial charge in [-0.25, -0.2) is 4.98 Å². The third kappa shape index (κ3) is 3.87. The average molecular weight is 309 g/mol. The molecule has 0 aliphatic rings. The molecule has 0 unspecified atom stereocenters. The van der Waals surface area contributed by atoms with Gasteiger partial charge in [0, 0.05) is 29.2 Å². The van der Waals surface area contributed by atoms with E-state index in [9.17, 15) is 4.79 Å². The Labute approximate surface area is 128 Å². The first kappa shape index (κ1) is 15.1. The number of halogens is 1. The monoisotopic (exact) mass is 308 g/mol. The molecule has 5 heteroatoms. The van der Waals surface area contributed by atoms with Gasteiger partial charge in [0.05, 0.1) is 0 Å². The van der Waals surface area contributed by atoms with Crippen molar-refractivity contribution < 1.29 is 0 Å². The molecule has 0 saturated heterocycles. The van der Waals surface area contributed by atoms with Crippen molar-refractivity contribution in [3.05, 3.63) is 57.7 Å². The van der Waals surface area contributed by atoms with Gasteiger partial charge in [-0.05, 0) is 12.1 Å². The maximum atomic E-state index is 12.0. The second-order valence-corrected chi connectivity index (χ2v) is 6.30. The molecule has 0 bridgehead atoms. The highest BCUT2D eigenvalue weighted by atomic mass is 35.5. The van der Waals surface area contributed by atoms with Gasteiger partial charge in [-0.15, -0.1) is 11.8 Å². The Kier molecular flexibility index (Phi) is 5.26. The van der Waals surface area contributed by atoms with Gasteiger partial charge < -0.3 is 0 Å². The van der Waals surface area contributed by atoms with Crippen LogP contribution in [0, 0.1) is 0 Å². The second kappa shape index (κ2) is 6.95. The Morgan fingerprint density at radius 1 is 1.30 bits per heavy atom. The van der Waals surface area contributed by atoms with E-state index in [1.165, 1.54) is 11.0 Å². The van der Waals surface area contributed by atoms with Crippen LogP contribution in [0.2, 0.25) is 5.15 Å². The third-order valence-electron chi connectivity index (χ3n) is 2.85. The Hall–Kier alpha value is -1.26. The quantitative estimate of drug-likeness (QED) is 0.622. The van der Waals surface area contributed by atoms with E-state index < -0.39 is 0 Å². The summed E-state index contributed by atoms with van der Waals surface area (Å²) < 4.78 is 1.71. The smallest absolute Gasteiger partial charge is 0.255 e. The number of hydrogen-bond acceptors (Lipinski definition) is 3. The summed E-state index contributed by atoms with van der Waals surface area (Å²) in [4.78, 5) is 17.5. The van der Waals surface area contributed by atoms with E-state index in [1.54, 1.807) is 16.3 Å². The zero-order chi connectivity index (χ0) is 14.5. The molecule has 0 amide bonds. The van der Waals surface area contributed by atoms with Crippen LogP contribution in [0.15, 0.2) is 46.1 Å². The predicted octanol–water partition coefficient (Wildman–Crippen LogP) is 3.81. The molecule has 1 aromatic carbocycles. The van der Waals surface area contributed by atoms with Gasteiger partial charge in [0.1, 0.15) is 11.0 Å². The summed E-state index contributed by atoms with van der Waals surface area (Å²) in [6.07, 6.45) is 0. The van der Waals surface area contributed by atoms with Gasteiger partial charge in [-0.3, -0.25) is 9.36 Å². The minimum atomic E-state index is -0.0811. The Morgan fingerprint density at radius 2 is 2.00 bits per heavy atom. The molecule has 0 spiro atoms. The normalized spacial score (nSPS) is 11.0. The SMILES string of the molecule is CC(C)c1nc(Cl)cc(=O)n1CCSc1ccccc1. The molecule has 106 valence electrons. The maximum absolute atomic E-state index is 12.0. The molecule has 0 saturated carbocycles. The molecule has 1 aromatic heterocycles. The van der Waals surface area contributed by atoms with Crippen LogP contribution in [0.25, 0.3) is 0 Å². The summed E-state index contributed by atoms with van der Waals surface area (Å²) in [5.74, 6) is 1.74. The summed E-state index contributed by atoms with van der Waals surface area (Å²) in [5.41, 5.74) is -0.0811. The third-order valence-corrected chi connectivity index (χ3v) is 4.04. The second-order valence-electron chi connectivity index (χ2n) is 4.74. The average Bonchev–Trinajstić information content (AvgIpc) is 2.41. The lowest BCUT2D eigenvalue weighted by Gasteiger charge is -2.14. The first-order chi connectivity index (χ1) is 9.58. The fourth-order valence-corrected chi connectivity index (χ4v) is 2.97. The topological polar surface area (TPSA) is 34.9 Å². The highest BCUT2D eigenvalue weighted by Crippen LogP contribution is 2.18. The number of rotatable bonds is 5. The Balaban J connectivity index is 2.11. The van der Waals surface area contributed by atoms with Crippen LogP contribution in [0.4, 0.5) is 0 Å². The van der Waals surface area contributed by atoms with Gasteiger partial charge in [-0.1, -0.05) is 43.6 Å². The molecule has 0 aliphatic carbocycles. The number of nitrogens with zero attached hydrogens (tertiary/aromatic N) is 2. The summed E-state index contributed by atoms with van der Waals surface area (Å²) >= 11 is 7.59. The van der Waals surface area contributed by atoms with E-state index in [0.717, 1.165) is 11.6 Å². The van der Waals surface area contributed by atoms with Crippen molar-refractivity contribution in [2.45, 2.75) is 31.2 Å². The molecule has 2 rings (SSSR count). The number of benzene rings is 1. The summed E-state index contributed by atoms with van der Waals surface area (Å²) in [5, 5.41) is 0.269. The van der Waals surface area contributed by atoms with Crippen molar-refractivity contribution in [2.75, 3.05) is 5.75 Å². The molecule has 3 nitrogen and oxygen atoms in total. The lowest BCUT2D eigenvalue weighted by atomic mass is 10.2. The summed E-state index contributed by atoms with van der Waals surface area (Å²) in [6, 6.07) is 11.5. The molecule has 20 heavy (non-hydrogen) atoms. The molecule has 0 N–H and O–H groups in total. The van der Waals surface area contributed by atoms with Crippen molar-refractivity contribution in [2.24, 2.45) is 0 Å². The fraction of sp³-hybridized carbons (Fsp3) is 0.333. The van der Waals surface area contributed by atoms with Crippen LogP contribution < -0.4 is 5.56 Å². The first-order valence-corrected chi connectivity index (χ1v) is 7.89. The van der Waals surface area contributed by atoms with Crippen molar-refractivity contribution in [1.82, 2.24) is 9.55 Å². The summed E-state index contributed by atoms with van der Waals surface area (Å²) in [6.45, 7) is 4.66.